The number of carbonyl (C=O) groups excluding carboxylic acids is 1. The maximum absolute atomic E-state index is 13.7. The minimum absolute atomic E-state index is 0. The first-order chi connectivity index (χ1) is 36.7. The fourth-order valence-electron chi connectivity index (χ4n) is 8.56. The predicted octanol–water partition coefficient (Wildman–Crippen LogP) is 6.05. The summed E-state index contributed by atoms with van der Waals surface area (Å²) in [6.45, 7) is 7.68. The topological polar surface area (TPSA) is 324 Å². The molecule has 78 heavy (non-hydrogen) atoms. The summed E-state index contributed by atoms with van der Waals surface area (Å²) >= 11 is 0. The summed E-state index contributed by atoms with van der Waals surface area (Å²) in [4.78, 5) is 38.7. The number of methoxy groups -OCH3 is 2. The molecule has 2 fully saturated rings. The van der Waals surface area contributed by atoms with Crippen LogP contribution in [0.4, 0.5) is 0 Å². The highest BCUT2D eigenvalue weighted by atomic mass is 16.7. The summed E-state index contributed by atoms with van der Waals surface area (Å²) < 4.78 is 50.9. The highest BCUT2D eigenvalue weighted by Crippen LogP contribution is 2.43. The van der Waals surface area contributed by atoms with Gasteiger partial charge >= 0.3 is 5.97 Å². The third-order valence-corrected chi connectivity index (χ3v) is 12.6. The molecule has 4 unspecified atom stereocenters. The number of phenolic OH excluding ortho intramolecular Hbond substituents is 2. The molecule has 4 aromatic carbocycles. The zero-order valence-corrected chi connectivity index (χ0v) is 43.2. The first-order valence-electron chi connectivity index (χ1n) is 24.4. The Morgan fingerprint density at radius 1 is 0.603 bits per heavy atom. The van der Waals surface area contributed by atoms with Gasteiger partial charge in [-0.1, -0.05) is 30.7 Å². The van der Waals surface area contributed by atoms with E-state index in [-0.39, 0.29) is 78.1 Å². The van der Waals surface area contributed by atoms with Crippen molar-refractivity contribution < 1.29 is 92.7 Å². The third kappa shape index (κ3) is 13.1. The number of hydrogen-bond acceptors (Lipinski definition) is 21. The van der Waals surface area contributed by atoms with Gasteiger partial charge < -0.3 is 88.0 Å². The zero-order chi connectivity index (χ0) is 56.0. The van der Waals surface area contributed by atoms with Crippen molar-refractivity contribution >= 4 is 27.9 Å². The van der Waals surface area contributed by atoms with E-state index in [1.54, 1.807) is 48.5 Å². The number of hydrogen-bond donors (Lipinski definition) is 9. The van der Waals surface area contributed by atoms with Gasteiger partial charge in [0.2, 0.25) is 34.9 Å². The molecule has 6 aromatic rings. The van der Waals surface area contributed by atoms with Gasteiger partial charge in [-0.3, -0.25) is 14.4 Å². The smallest absolute Gasteiger partial charge is 0.308 e. The van der Waals surface area contributed by atoms with E-state index in [9.17, 15) is 60.3 Å². The van der Waals surface area contributed by atoms with Crippen LogP contribution in [0.15, 0.2) is 102 Å². The lowest BCUT2D eigenvalue weighted by atomic mass is 10.0. The molecule has 4 heterocycles. The first-order valence-corrected chi connectivity index (χ1v) is 24.4. The Morgan fingerprint density at radius 3 is 1.38 bits per heavy atom. The van der Waals surface area contributed by atoms with Crippen LogP contribution in [0.5, 0.6) is 46.0 Å². The first kappa shape index (κ1) is 59.8. The van der Waals surface area contributed by atoms with E-state index in [0.717, 1.165) is 18.1 Å². The number of phenols is 2. The van der Waals surface area contributed by atoms with Crippen LogP contribution in [0.3, 0.4) is 0 Å². The Bertz CT molecular complexity index is 3260. The second-order valence-corrected chi connectivity index (χ2v) is 18.8. The number of ether oxygens (including phenoxy) is 7. The number of aliphatic hydroxyl groups excluding tert-OH is 6. The Hall–Kier alpha value is -7.47. The van der Waals surface area contributed by atoms with Crippen molar-refractivity contribution in [1.82, 2.24) is 0 Å². The molecule has 21 nitrogen and oxygen atoms in total. The molecule has 0 bridgehead atoms. The van der Waals surface area contributed by atoms with Crippen LogP contribution in [0.1, 0.15) is 66.0 Å². The zero-order valence-electron chi connectivity index (χ0n) is 43.2. The highest BCUT2D eigenvalue weighted by molar-refractivity contribution is 5.93. The minimum Gasteiger partial charge on any atom is -0.507 e. The van der Waals surface area contributed by atoms with E-state index in [4.69, 9.17) is 42.0 Å². The second kappa shape index (κ2) is 25.8. The van der Waals surface area contributed by atoms with Gasteiger partial charge in [0.1, 0.15) is 80.9 Å². The van der Waals surface area contributed by atoms with Crippen LogP contribution >= 0.6 is 0 Å². The van der Waals surface area contributed by atoms with E-state index in [1.807, 2.05) is 39.8 Å². The maximum Gasteiger partial charge on any atom is 0.308 e. The Balaban J connectivity index is 0.000000250. The van der Waals surface area contributed by atoms with E-state index < -0.39 is 102 Å². The molecule has 2 saturated heterocycles. The summed E-state index contributed by atoms with van der Waals surface area (Å²) in [5.41, 5.74) is 1.78. The fourth-order valence-corrected chi connectivity index (χ4v) is 8.56. The SMILES string of the molecule is C.COc1ccc(-c2oc3c(CC=C(C)C)c(OC4OC(CO)[C@@H](O)C[C@@H]4O)cc(O)c3c(=O)c2O)cc1.COc1ccc(-c2oc3c(CC=C(C)C)c(OC4OC(CO)[C@@H](O)C[C@@H]4O)cc(O)c3c(=O)c2OC(C)=O)cc1. The lowest BCUT2D eigenvalue weighted by Gasteiger charge is -2.36. The van der Waals surface area contributed by atoms with E-state index in [1.165, 1.54) is 26.4 Å². The third-order valence-electron chi connectivity index (χ3n) is 12.6. The van der Waals surface area contributed by atoms with Crippen LogP contribution < -0.4 is 34.5 Å². The molecule has 0 saturated carbocycles. The molecule has 420 valence electrons. The minimum atomic E-state index is -1.30. The maximum atomic E-state index is 13.7. The number of benzene rings is 4. The molecule has 2 aliphatic heterocycles. The lowest BCUT2D eigenvalue weighted by molar-refractivity contribution is -0.240. The number of aromatic hydroxyl groups is 3. The monoisotopic (exact) mass is 1090 g/mol. The lowest BCUT2D eigenvalue weighted by Crippen LogP contribution is -2.51. The molecule has 0 radical (unpaired) electrons. The molecule has 21 heteroatoms. The van der Waals surface area contributed by atoms with Crippen molar-refractivity contribution in [2.24, 2.45) is 0 Å². The highest BCUT2D eigenvalue weighted by Gasteiger charge is 2.40. The van der Waals surface area contributed by atoms with Crippen molar-refractivity contribution in [2.45, 2.75) is 117 Å². The molecule has 2 aliphatic rings. The standard InChI is InChI=1S/C29H32O11.C27H30O10.CH4/c1-14(2)5-10-18-22(38-29-21(34)11-19(32)23(13-30)39-29)12-20(33)24-25(35)28(37-15(3)31)26(40-27(18)24)16-6-8-17(36-4)9-7-16;1-13(2)4-9-16-20(35-27-19(31)10-17(29)21(12-28)36-27)11-18(30)22-23(32)24(33)25(37-26(16)22)14-5-7-15(34-3)8-6-14;/h5-9,12,19,21,23,29-30,32-34H,10-11,13H2,1-4H3;4-8,11,17,19,21,27-31,33H,9-10,12H2,1-3H3;1H4/t19-,21-,23?,29?;17-,19-,21?,27?;/m00./s1. The van der Waals surface area contributed by atoms with Gasteiger partial charge in [0.15, 0.2) is 11.5 Å². The Labute approximate surface area is 447 Å². The van der Waals surface area contributed by atoms with E-state index in [2.05, 4.69) is 0 Å². The number of rotatable bonds is 15. The second-order valence-electron chi connectivity index (χ2n) is 18.8. The van der Waals surface area contributed by atoms with Crippen molar-refractivity contribution in [1.29, 1.82) is 0 Å². The van der Waals surface area contributed by atoms with Crippen LogP contribution in [-0.4, -0.2) is 129 Å². The molecule has 0 aliphatic carbocycles. The molecule has 8 atom stereocenters. The molecule has 8 rings (SSSR count). The number of allylic oxidation sites excluding steroid dienone is 4. The van der Waals surface area contributed by atoms with E-state index in [0.29, 0.717) is 33.8 Å². The number of fused-ring (bicyclic) bond motifs is 2. The average Bonchev–Trinajstić information content (AvgIpc) is 3.54. The molecule has 9 N–H and O–H groups in total. The normalized spacial score (nSPS) is 20.8. The van der Waals surface area contributed by atoms with Gasteiger partial charge in [-0.05, 0) is 89.1 Å². The van der Waals surface area contributed by atoms with Crippen molar-refractivity contribution in [3.8, 4) is 68.6 Å². The number of esters is 1. The summed E-state index contributed by atoms with van der Waals surface area (Å²) in [5, 5.41) is 92.0. The van der Waals surface area contributed by atoms with Gasteiger partial charge in [-0.2, -0.15) is 0 Å². The summed E-state index contributed by atoms with van der Waals surface area (Å²) in [7, 11) is 3.02. The van der Waals surface area contributed by atoms with Crippen LogP contribution in [0.2, 0.25) is 0 Å². The van der Waals surface area contributed by atoms with Crippen LogP contribution in [0, 0.1) is 0 Å². The molecule has 2 aromatic heterocycles. The molecule has 0 spiro atoms. The summed E-state index contributed by atoms with van der Waals surface area (Å²) in [6.07, 6.45) is -5.26. The van der Waals surface area contributed by atoms with Gasteiger partial charge in [-0.15, -0.1) is 0 Å². The summed E-state index contributed by atoms with van der Waals surface area (Å²) in [6, 6.07) is 15.4. The van der Waals surface area contributed by atoms with Crippen molar-refractivity contribution in [3.63, 3.8) is 0 Å². The average molecular weight is 1090 g/mol. The van der Waals surface area contributed by atoms with Crippen LogP contribution in [0.25, 0.3) is 44.6 Å². The van der Waals surface area contributed by atoms with Gasteiger partial charge in [-0.25, -0.2) is 0 Å². The number of carbonyl (C=O) groups is 1. The van der Waals surface area contributed by atoms with Crippen LogP contribution in [-0.2, 0) is 27.1 Å². The van der Waals surface area contributed by atoms with Gasteiger partial charge in [0, 0.05) is 54.2 Å². The Kier molecular flexibility index (Phi) is 19.8. The molecular weight excluding hydrogens is 1020 g/mol. The van der Waals surface area contributed by atoms with E-state index >= 15 is 0 Å². The van der Waals surface area contributed by atoms with Crippen molar-refractivity contribution in [2.75, 3.05) is 27.4 Å². The largest absolute Gasteiger partial charge is 0.507 e. The quantitative estimate of drug-likeness (QED) is 0.0417. The molecular formula is C57H66O21. The van der Waals surface area contributed by atoms with Crippen molar-refractivity contribution in [3.05, 3.63) is 116 Å². The fraction of sp³-hybridized carbons (Fsp3) is 0.386. The van der Waals surface area contributed by atoms with Gasteiger partial charge in [0.05, 0.1) is 39.6 Å². The Morgan fingerprint density at radius 2 is 1.00 bits per heavy atom. The number of aliphatic hydroxyl groups is 6. The summed E-state index contributed by atoms with van der Waals surface area (Å²) in [5.74, 6) is -1.76. The molecule has 0 amide bonds. The predicted molar refractivity (Wildman–Crippen MR) is 284 cm³/mol. The van der Waals surface area contributed by atoms with Gasteiger partial charge in [0.25, 0.3) is 0 Å².